The van der Waals surface area contributed by atoms with Gasteiger partial charge in [0.1, 0.15) is 0 Å². The Morgan fingerprint density at radius 3 is 2.65 bits per heavy atom. The largest absolute Gasteiger partial charge is 0.379 e. The van der Waals surface area contributed by atoms with Gasteiger partial charge in [-0.25, -0.2) is 0 Å². The minimum absolute atomic E-state index is 0. The minimum atomic E-state index is 0. The van der Waals surface area contributed by atoms with Gasteiger partial charge in [0, 0.05) is 30.1 Å². The Labute approximate surface area is 178 Å². The first-order valence-corrected chi connectivity index (χ1v) is 9.66. The Morgan fingerprint density at radius 2 is 2.00 bits per heavy atom. The normalized spacial score (nSPS) is 20.1. The van der Waals surface area contributed by atoms with E-state index in [1.165, 1.54) is 12.0 Å². The number of nitrogens with one attached hydrogen (secondary N) is 1. The molecule has 1 saturated heterocycles. The third-order valence-electron chi connectivity index (χ3n) is 5.37. The molecule has 0 spiro atoms. The zero-order valence-corrected chi connectivity index (χ0v) is 18.3. The fourth-order valence-corrected chi connectivity index (χ4v) is 3.98. The molecule has 3 rings (SSSR count). The number of morpholine rings is 1. The highest BCUT2D eigenvalue weighted by atomic mass is 127. The molecule has 2 aliphatic rings. The molecule has 1 heterocycles. The summed E-state index contributed by atoms with van der Waals surface area (Å²) in [6.45, 7) is 6.40. The third kappa shape index (κ3) is 5.71. The zero-order chi connectivity index (χ0) is 17.5. The second kappa shape index (κ2) is 10.7. The fourth-order valence-electron chi connectivity index (χ4n) is 3.64. The van der Waals surface area contributed by atoms with Crippen molar-refractivity contribution in [3.05, 3.63) is 34.9 Å². The number of benzene rings is 1. The van der Waals surface area contributed by atoms with Crippen LogP contribution in [0.25, 0.3) is 0 Å². The summed E-state index contributed by atoms with van der Waals surface area (Å²) in [5.41, 5.74) is 7.35. The maximum absolute atomic E-state index is 6.40. The second-order valence-electron chi connectivity index (χ2n) is 7.05. The molecule has 3 N–H and O–H groups in total. The molecule has 0 amide bonds. The van der Waals surface area contributed by atoms with Crippen LogP contribution in [0.5, 0.6) is 0 Å². The van der Waals surface area contributed by atoms with E-state index in [0.29, 0.717) is 12.5 Å². The maximum Gasteiger partial charge on any atom is 0.188 e. The van der Waals surface area contributed by atoms with E-state index in [1.807, 2.05) is 12.1 Å². The molecule has 2 fully saturated rings. The van der Waals surface area contributed by atoms with Crippen molar-refractivity contribution < 1.29 is 4.74 Å². The third-order valence-corrected chi connectivity index (χ3v) is 5.70. The summed E-state index contributed by atoms with van der Waals surface area (Å²) in [6, 6.07) is 8.13. The first kappa shape index (κ1) is 21.7. The first-order valence-electron chi connectivity index (χ1n) is 9.29. The summed E-state index contributed by atoms with van der Waals surface area (Å²) in [5.74, 6) is 0.542. The molecule has 26 heavy (non-hydrogen) atoms. The molecule has 0 unspecified atom stereocenters. The number of rotatable bonds is 7. The predicted octanol–water partition coefficient (Wildman–Crippen LogP) is 3.01. The molecular formula is C19H30ClIN4O. The average Bonchev–Trinajstić information content (AvgIpc) is 2.60. The van der Waals surface area contributed by atoms with Crippen LogP contribution in [0, 0.1) is 0 Å². The lowest BCUT2D eigenvalue weighted by Gasteiger charge is -2.41. The van der Waals surface area contributed by atoms with Crippen molar-refractivity contribution in [2.24, 2.45) is 10.7 Å². The molecule has 0 radical (unpaired) electrons. The van der Waals surface area contributed by atoms with Crippen molar-refractivity contribution in [1.82, 2.24) is 10.2 Å². The smallest absolute Gasteiger partial charge is 0.188 e. The Balaban J connectivity index is 0.00000243. The molecule has 1 aromatic carbocycles. The van der Waals surface area contributed by atoms with E-state index in [4.69, 9.17) is 22.1 Å². The van der Waals surface area contributed by atoms with Gasteiger partial charge >= 0.3 is 0 Å². The monoisotopic (exact) mass is 492 g/mol. The van der Waals surface area contributed by atoms with Crippen LogP contribution in [-0.4, -0.2) is 56.8 Å². The van der Waals surface area contributed by atoms with Crippen LogP contribution in [0.4, 0.5) is 0 Å². The van der Waals surface area contributed by atoms with Crippen molar-refractivity contribution in [3.63, 3.8) is 0 Å². The highest BCUT2D eigenvalue weighted by Crippen LogP contribution is 2.46. The average molecular weight is 493 g/mol. The number of hydrogen-bond donors (Lipinski definition) is 2. The van der Waals surface area contributed by atoms with Gasteiger partial charge < -0.3 is 15.8 Å². The number of hydrogen-bond acceptors (Lipinski definition) is 3. The van der Waals surface area contributed by atoms with Crippen molar-refractivity contribution in [2.75, 3.05) is 45.9 Å². The molecule has 0 aromatic heterocycles. The first-order chi connectivity index (χ1) is 12.2. The summed E-state index contributed by atoms with van der Waals surface area (Å²) < 4.78 is 5.36. The van der Waals surface area contributed by atoms with Crippen molar-refractivity contribution in [2.45, 2.75) is 31.1 Å². The van der Waals surface area contributed by atoms with Crippen molar-refractivity contribution in [1.29, 1.82) is 0 Å². The van der Waals surface area contributed by atoms with Crippen LogP contribution >= 0.6 is 35.6 Å². The number of halogens is 2. The Morgan fingerprint density at radius 1 is 1.27 bits per heavy atom. The summed E-state index contributed by atoms with van der Waals surface area (Å²) in [5, 5.41) is 4.09. The van der Waals surface area contributed by atoms with Gasteiger partial charge in [0.2, 0.25) is 0 Å². The van der Waals surface area contributed by atoms with Gasteiger partial charge in [-0.1, -0.05) is 36.2 Å². The van der Waals surface area contributed by atoms with Gasteiger partial charge in [0.25, 0.3) is 0 Å². The van der Waals surface area contributed by atoms with Gasteiger partial charge in [-0.3, -0.25) is 9.89 Å². The van der Waals surface area contributed by atoms with Gasteiger partial charge in [0.05, 0.1) is 19.8 Å². The van der Waals surface area contributed by atoms with Crippen LogP contribution in [-0.2, 0) is 10.2 Å². The lowest BCUT2D eigenvalue weighted by Crippen LogP contribution is -2.41. The number of aliphatic imine (C=N–C) groups is 1. The molecule has 7 heteroatoms. The van der Waals surface area contributed by atoms with Gasteiger partial charge in [-0.2, -0.15) is 0 Å². The zero-order valence-electron chi connectivity index (χ0n) is 15.3. The van der Waals surface area contributed by atoms with E-state index in [1.54, 1.807) is 0 Å². The lowest BCUT2D eigenvalue weighted by molar-refractivity contribution is 0.0376. The summed E-state index contributed by atoms with van der Waals surface area (Å²) in [6.07, 6.45) is 4.55. The summed E-state index contributed by atoms with van der Waals surface area (Å²) >= 11 is 6.40. The molecular weight excluding hydrogens is 463 g/mol. The van der Waals surface area contributed by atoms with Crippen LogP contribution in [0.3, 0.4) is 0 Å². The molecule has 0 bridgehead atoms. The van der Waals surface area contributed by atoms with E-state index >= 15 is 0 Å². The number of nitrogens with two attached hydrogens (primary N) is 1. The SMILES string of the molecule is I.NC(=NCC1(c2ccccc2Cl)CCC1)NCCCN1CCOCC1. The highest BCUT2D eigenvalue weighted by Gasteiger charge is 2.39. The fraction of sp³-hybridized carbons (Fsp3) is 0.632. The Bertz CT molecular complexity index is 589. The molecule has 1 saturated carbocycles. The molecule has 1 aliphatic heterocycles. The van der Waals surface area contributed by atoms with Gasteiger partial charge in [0.15, 0.2) is 5.96 Å². The van der Waals surface area contributed by atoms with Crippen LogP contribution in [0.2, 0.25) is 5.02 Å². The topological polar surface area (TPSA) is 62.9 Å². The molecule has 146 valence electrons. The number of ether oxygens (including phenoxy) is 1. The molecule has 5 nitrogen and oxygen atoms in total. The van der Waals surface area contributed by atoms with Crippen molar-refractivity contribution >= 4 is 41.5 Å². The van der Waals surface area contributed by atoms with E-state index in [-0.39, 0.29) is 29.4 Å². The summed E-state index contributed by atoms with van der Waals surface area (Å²) in [7, 11) is 0. The van der Waals surface area contributed by atoms with Crippen LogP contribution < -0.4 is 11.1 Å². The second-order valence-corrected chi connectivity index (χ2v) is 7.46. The van der Waals surface area contributed by atoms with Gasteiger partial charge in [-0.15, -0.1) is 24.0 Å². The predicted molar refractivity (Wildman–Crippen MR) is 119 cm³/mol. The van der Waals surface area contributed by atoms with E-state index < -0.39 is 0 Å². The molecule has 0 atom stereocenters. The Kier molecular flexibility index (Phi) is 8.93. The number of nitrogens with zero attached hydrogens (tertiary/aromatic N) is 2. The quantitative estimate of drug-likeness (QED) is 0.266. The van der Waals surface area contributed by atoms with Gasteiger partial charge in [-0.05, 0) is 37.4 Å². The van der Waals surface area contributed by atoms with Crippen LogP contribution in [0.1, 0.15) is 31.2 Å². The van der Waals surface area contributed by atoms with Crippen molar-refractivity contribution in [3.8, 4) is 0 Å². The Hall–Kier alpha value is -0.570. The standard InChI is InChI=1S/C19H29ClN4O.HI/c20-17-6-2-1-5-16(17)19(7-3-8-19)15-23-18(21)22-9-4-10-24-11-13-25-14-12-24;/h1-2,5-6H,3-4,7-15H2,(H3,21,22,23);1H. The van der Waals surface area contributed by atoms with Crippen LogP contribution in [0.15, 0.2) is 29.3 Å². The number of guanidine groups is 1. The van der Waals surface area contributed by atoms with E-state index in [0.717, 1.165) is 63.7 Å². The molecule has 1 aromatic rings. The van der Waals surface area contributed by atoms with E-state index in [2.05, 4.69) is 27.3 Å². The lowest BCUT2D eigenvalue weighted by atomic mass is 9.64. The minimum Gasteiger partial charge on any atom is -0.379 e. The molecule has 1 aliphatic carbocycles. The maximum atomic E-state index is 6.40. The highest BCUT2D eigenvalue weighted by molar-refractivity contribution is 14.0. The van der Waals surface area contributed by atoms with E-state index in [9.17, 15) is 0 Å². The summed E-state index contributed by atoms with van der Waals surface area (Å²) in [4.78, 5) is 7.04.